The molecule has 2 heterocycles. The normalized spacial score (nSPS) is 18.6. The second kappa shape index (κ2) is 9.21. The molecule has 2 aromatic carbocycles. The number of nitrogens with zero attached hydrogens (tertiary/aromatic N) is 2. The monoisotopic (exact) mass is 471 g/mol. The highest BCUT2D eigenvalue weighted by molar-refractivity contribution is 6.01. The number of aromatic nitrogens is 1. The fraction of sp³-hybridized carbons (Fsp3) is 0.259. The highest BCUT2D eigenvalue weighted by atomic mass is 16.5. The first kappa shape index (κ1) is 22.6. The molecule has 0 radical (unpaired) electrons. The lowest BCUT2D eigenvalue weighted by Gasteiger charge is -2.23. The van der Waals surface area contributed by atoms with E-state index in [0.29, 0.717) is 13.0 Å². The van der Waals surface area contributed by atoms with Gasteiger partial charge < -0.3 is 14.7 Å². The molecule has 0 saturated carbocycles. The maximum atomic E-state index is 13.1. The SMILES string of the molecule is CC1C(C(=O)O)CCN1C(=O)c1ncccc1NC(=O)OCC1c2ccccc2-c2ccccc21. The van der Waals surface area contributed by atoms with Crippen molar-refractivity contribution in [3.8, 4) is 11.1 Å². The number of carbonyl (C=O) groups excluding carboxylic acids is 2. The standard InChI is InChI=1S/C27H25N3O5/c1-16-17(26(32)33)12-14-30(16)25(31)24-23(11-6-13-28-24)29-27(34)35-15-22-20-9-4-2-7-18(20)19-8-3-5-10-21(19)22/h2-11,13,16-17,22H,12,14-15H2,1H3,(H,29,34)(H,32,33). The van der Waals surface area contributed by atoms with Gasteiger partial charge in [0.15, 0.2) is 5.69 Å². The van der Waals surface area contributed by atoms with E-state index in [4.69, 9.17) is 4.74 Å². The molecule has 8 nitrogen and oxygen atoms in total. The third kappa shape index (κ3) is 4.12. The first-order valence-corrected chi connectivity index (χ1v) is 11.6. The molecule has 35 heavy (non-hydrogen) atoms. The zero-order valence-corrected chi connectivity index (χ0v) is 19.2. The molecule has 0 spiro atoms. The van der Waals surface area contributed by atoms with E-state index < -0.39 is 29.9 Å². The maximum absolute atomic E-state index is 13.1. The molecule has 3 aromatic rings. The summed E-state index contributed by atoms with van der Waals surface area (Å²) in [5.41, 5.74) is 4.76. The van der Waals surface area contributed by atoms with Crippen molar-refractivity contribution in [3.63, 3.8) is 0 Å². The lowest BCUT2D eigenvalue weighted by molar-refractivity contribution is -0.142. The van der Waals surface area contributed by atoms with Gasteiger partial charge in [0.05, 0.1) is 11.6 Å². The topological polar surface area (TPSA) is 109 Å². The second-order valence-corrected chi connectivity index (χ2v) is 8.82. The number of anilines is 1. The molecule has 2 aliphatic rings. The molecule has 2 atom stereocenters. The average molecular weight is 472 g/mol. The Morgan fingerprint density at radius 3 is 2.31 bits per heavy atom. The van der Waals surface area contributed by atoms with E-state index in [-0.39, 0.29) is 23.9 Å². The van der Waals surface area contributed by atoms with Crippen molar-refractivity contribution in [2.24, 2.45) is 5.92 Å². The Balaban J connectivity index is 1.29. The van der Waals surface area contributed by atoms with E-state index in [1.807, 2.05) is 36.4 Å². The van der Waals surface area contributed by atoms with Crippen LogP contribution in [0.15, 0.2) is 66.9 Å². The number of pyridine rings is 1. The molecule has 8 heteroatoms. The molecule has 2 unspecified atom stereocenters. The second-order valence-electron chi connectivity index (χ2n) is 8.82. The summed E-state index contributed by atoms with van der Waals surface area (Å²) in [5.74, 6) is -2.05. The Kier molecular flexibility index (Phi) is 5.94. The first-order chi connectivity index (χ1) is 17.0. The van der Waals surface area contributed by atoms with Gasteiger partial charge in [-0.05, 0) is 47.7 Å². The zero-order valence-electron chi connectivity index (χ0n) is 19.2. The molecule has 1 aliphatic carbocycles. The van der Waals surface area contributed by atoms with Crippen molar-refractivity contribution in [2.45, 2.75) is 25.3 Å². The van der Waals surface area contributed by atoms with Crippen LogP contribution >= 0.6 is 0 Å². The van der Waals surface area contributed by atoms with E-state index in [1.54, 1.807) is 19.1 Å². The van der Waals surface area contributed by atoms with Gasteiger partial charge in [-0.3, -0.25) is 14.9 Å². The Bertz CT molecular complexity index is 1260. The molecular weight excluding hydrogens is 446 g/mol. The number of rotatable bonds is 5. The van der Waals surface area contributed by atoms with Gasteiger partial charge in [-0.2, -0.15) is 0 Å². The first-order valence-electron chi connectivity index (χ1n) is 11.6. The van der Waals surface area contributed by atoms with Gasteiger partial charge >= 0.3 is 12.1 Å². The van der Waals surface area contributed by atoms with Crippen LogP contribution in [-0.2, 0) is 9.53 Å². The number of hydrogen-bond acceptors (Lipinski definition) is 5. The fourth-order valence-corrected chi connectivity index (χ4v) is 5.11. The Labute approximate surface area is 202 Å². The number of benzene rings is 2. The van der Waals surface area contributed by atoms with Crippen LogP contribution in [0.4, 0.5) is 10.5 Å². The van der Waals surface area contributed by atoms with Crippen molar-refractivity contribution in [1.29, 1.82) is 0 Å². The Morgan fingerprint density at radius 1 is 1.03 bits per heavy atom. The summed E-state index contributed by atoms with van der Waals surface area (Å²) < 4.78 is 5.59. The lowest BCUT2D eigenvalue weighted by Crippen LogP contribution is -2.38. The quantitative estimate of drug-likeness (QED) is 0.572. The van der Waals surface area contributed by atoms with Crippen molar-refractivity contribution in [1.82, 2.24) is 9.88 Å². The molecule has 1 saturated heterocycles. The third-order valence-electron chi connectivity index (χ3n) is 6.92. The van der Waals surface area contributed by atoms with Gasteiger partial charge in [0, 0.05) is 24.7 Å². The van der Waals surface area contributed by atoms with Crippen LogP contribution in [0.25, 0.3) is 11.1 Å². The molecule has 0 bridgehead atoms. The number of fused-ring (bicyclic) bond motifs is 3. The highest BCUT2D eigenvalue weighted by Crippen LogP contribution is 2.44. The van der Waals surface area contributed by atoms with Crippen LogP contribution < -0.4 is 5.32 Å². The summed E-state index contributed by atoms with van der Waals surface area (Å²) >= 11 is 0. The molecule has 2 amide bonds. The number of carbonyl (C=O) groups is 3. The van der Waals surface area contributed by atoms with E-state index in [9.17, 15) is 19.5 Å². The van der Waals surface area contributed by atoms with Gasteiger partial charge in [-0.25, -0.2) is 9.78 Å². The molecule has 178 valence electrons. The van der Waals surface area contributed by atoms with Crippen LogP contribution in [0.1, 0.15) is 40.9 Å². The molecule has 2 N–H and O–H groups in total. The number of ether oxygens (including phenoxy) is 1. The summed E-state index contributed by atoms with van der Waals surface area (Å²) in [5, 5.41) is 12.0. The summed E-state index contributed by atoms with van der Waals surface area (Å²) in [6.07, 6.45) is 1.15. The molecular formula is C27H25N3O5. The number of nitrogens with one attached hydrogen (secondary N) is 1. The van der Waals surface area contributed by atoms with Crippen LogP contribution in [0.5, 0.6) is 0 Å². The molecule has 1 fully saturated rings. The number of carboxylic acid groups (broad SMARTS) is 1. The summed E-state index contributed by atoms with van der Waals surface area (Å²) in [7, 11) is 0. The van der Waals surface area contributed by atoms with Crippen molar-refractivity contribution in [3.05, 3.63) is 83.7 Å². The highest BCUT2D eigenvalue weighted by Gasteiger charge is 2.39. The Morgan fingerprint density at radius 2 is 1.69 bits per heavy atom. The summed E-state index contributed by atoms with van der Waals surface area (Å²) in [6, 6.07) is 18.9. The number of carboxylic acids is 1. The van der Waals surface area contributed by atoms with Gasteiger partial charge in [0.25, 0.3) is 5.91 Å². The van der Waals surface area contributed by atoms with Crippen LogP contribution in [0, 0.1) is 5.92 Å². The van der Waals surface area contributed by atoms with Crippen LogP contribution in [0.2, 0.25) is 0 Å². The average Bonchev–Trinajstić information content (AvgIpc) is 3.41. The van der Waals surface area contributed by atoms with E-state index in [2.05, 4.69) is 22.4 Å². The fourth-order valence-electron chi connectivity index (χ4n) is 5.11. The number of hydrogen-bond donors (Lipinski definition) is 2. The zero-order chi connectivity index (χ0) is 24.5. The molecule has 1 aliphatic heterocycles. The number of likely N-dealkylation sites (tertiary alicyclic amines) is 1. The van der Waals surface area contributed by atoms with Gasteiger partial charge in [-0.15, -0.1) is 0 Å². The van der Waals surface area contributed by atoms with Crippen molar-refractivity contribution in [2.75, 3.05) is 18.5 Å². The maximum Gasteiger partial charge on any atom is 0.411 e. The van der Waals surface area contributed by atoms with Gasteiger partial charge in [0.1, 0.15) is 6.61 Å². The van der Waals surface area contributed by atoms with E-state index >= 15 is 0 Å². The van der Waals surface area contributed by atoms with Gasteiger partial charge in [0.2, 0.25) is 0 Å². The summed E-state index contributed by atoms with van der Waals surface area (Å²) in [6.45, 7) is 2.18. The van der Waals surface area contributed by atoms with Gasteiger partial charge in [-0.1, -0.05) is 48.5 Å². The van der Waals surface area contributed by atoms with Crippen LogP contribution in [-0.4, -0.2) is 52.2 Å². The Hall–Kier alpha value is -4.20. The minimum absolute atomic E-state index is 0.0545. The minimum atomic E-state index is -0.925. The third-order valence-corrected chi connectivity index (χ3v) is 6.92. The smallest absolute Gasteiger partial charge is 0.411 e. The van der Waals surface area contributed by atoms with E-state index in [0.717, 1.165) is 22.3 Å². The minimum Gasteiger partial charge on any atom is -0.481 e. The van der Waals surface area contributed by atoms with Crippen molar-refractivity contribution < 1.29 is 24.2 Å². The summed E-state index contributed by atoms with van der Waals surface area (Å²) in [4.78, 5) is 43.0. The predicted molar refractivity (Wildman–Crippen MR) is 129 cm³/mol. The lowest BCUT2D eigenvalue weighted by atomic mass is 9.98. The molecule has 1 aromatic heterocycles. The van der Waals surface area contributed by atoms with Crippen molar-refractivity contribution >= 4 is 23.7 Å². The van der Waals surface area contributed by atoms with E-state index in [1.165, 1.54) is 11.1 Å². The number of amides is 2. The predicted octanol–water partition coefficient (Wildman–Crippen LogP) is 4.38. The largest absolute Gasteiger partial charge is 0.481 e. The van der Waals surface area contributed by atoms with Crippen LogP contribution in [0.3, 0.4) is 0 Å². The number of aliphatic carboxylic acids is 1. The molecule has 5 rings (SSSR count).